The largest absolute Gasteiger partial charge is 0.368 e. The quantitative estimate of drug-likeness (QED) is 0.570. The van der Waals surface area contributed by atoms with Crippen LogP contribution in [0.25, 0.3) is 0 Å². The van der Waals surface area contributed by atoms with Gasteiger partial charge in [0, 0.05) is 0 Å². The third kappa shape index (κ3) is 3.84. The molecule has 0 aliphatic rings. The third-order valence-corrected chi connectivity index (χ3v) is 2.40. The van der Waals surface area contributed by atoms with Crippen LogP contribution >= 0.6 is 0 Å². The second kappa shape index (κ2) is 5.95. The standard InChI is InChI=1S/C11H16N4O2/c1-8-5-3-4-6-10(8)9(2)13-15(14-17)7-11(12)16/h3-6,9,13H,7H2,1-2H3,(H2,12,16). The van der Waals surface area contributed by atoms with Gasteiger partial charge in [-0.05, 0) is 25.0 Å². The number of benzene rings is 1. The van der Waals surface area contributed by atoms with E-state index in [-0.39, 0.29) is 12.6 Å². The Hall–Kier alpha value is -1.95. The predicted molar refractivity (Wildman–Crippen MR) is 64.4 cm³/mol. The first-order chi connectivity index (χ1) is 8.04. The summed E-state index contributed by atoms with van der Waals surface area (Å²) >= 11 is 0. The number of nitrogens with zero attached hydrogens (tertiary/aromatic N) is 2. The maximum Gasteiger partial charge on any atom is 0.240 e. The minimum atomic E-state index is -0.617. The Balaban J connectivity index is 2.71. The molecule has 1 amide bonds. The van der Waals surface area contributed by atoms with Gasteiger partial charge in [0.05, 0.1) is 11.3 Å². The van der Waals surface area contributed by atoms with Crippen LogP contribution in [0.2, 0.25) is 0 Å². The lowest BCUT2D eigenvalue weighted by atomic mass is 10.0. The highest BCUT2D eigenvalue weighted by Crippen LogP contribution is 2.16. The summed E-state index contributed by atoms with van der Waals surface area (Å²) in [5.41, 5.74) is 9.93. The number of amides is 1. The topological polar surface area (TPSA) is 87.8 Å². The molecule has 0 saturated heterocycles. The van der Waals surface area contributed by atoms with Gasteiger partial charge in [0.25, 0.3) is 0 Å². The molecule has 0 aliphatic heterocycles. The van der Waals surface area contributed by atoms with Crippen molar-refractivity contribution in [3.63, 3.8) is 0 Å². The molecular formula is C11H16N4O2. The van der Waals surface area contributed by atoms with Crippen LogP contribution in [0.4, 0.5) is 0 Å². The molecule has 0 aliphatic carbocycles. The molecule has 1 atom stereocenters. The normalized spacial score (nSPS) is 11.9. The van der Waals surface area contributed by atoms with Gasteiger partial charge in [-0.3, -0.25) is 4.79 Å². The SMILES string of the molecule is Cc1ccccc1C(C)NN(CC(N)=O)N=O. The summed E-state index contributed by atoms with van der Waals surface area (Å²) in [5.74, 6) is -0.617. The van der Waals surface area contributed by atoms with Crippen LogP contribution in [0.3, 0.4) is 0 Å². The molecule has 1 aromatic carbocycles. The summed E-state index contributed by atoms with van der Waals surface area (Å²) in [4.78, 5) is 21.2. The molecule has 6 heteroatoms. The van der Waals surface area contributed by atoms with Crippen molar-refractivity contribution in [3.8, 4) is 0 Å². The maximum atomic E-state index is 10.7. The first kappa shape index (κ1) is 13.1. The Labute approximate surface area is 99.7 Å². The first-order valence-corrected chi connectivity index (χ1v) is 5.25. The summed E-state index contributed by atoms with van der Waals surface area (Å²) in [6.45, 7) is 3.60. The van der Waals surface area contributed by atoms with Gasteiger partial charge in [0.2, 0.25) is 5.91 Å². The van der Waals surface area contributed by atoms with Crippen molar-refractivity contribution in [2.24, 2.45) is 11.0 Å². The Bertz CT molecular complexity index is 408. The summed E-state index contributed by atoms with van der Waals surface area (Å²) < 4.78 is 0. The van der Waals surface area contributed by atoms with E-state index >= 15 is 0 Å². The summed E-state index contributed by atoms with van der Waals surface area (Å²) in [7, 11) is 0. The van der Waals surface area contributed by atoms with Crippen LogP contribution in [0.15, 0.2) is 29.6 Å². The average Bonchev–Trinajstić information content (AvgIpc) is 2.27. The Kier molecular flexibility index (Phi) is 4.59. The number of nitrogens with one attached hydrogen (secondary N) is 1. The van der Waals surface area contributed by atoms with Gasteiger partial charge in [0.15, 0.2) is 0 Å². The fourth-order valence-electron chi connectivity index (χ4n) is 1.61. The van der Waals surface area contributed by atoms with Crippen LogP contribution in [0.1, 0.15) is 24.1 Å². The van der Waals surface area contributed by atoms with Crippen molar-refractivity contribution in [2.45, 2.75) is 19.9 Å². The smallest absolute Gasteiger partial charge is 0.240 e. The fraction of sp³-hybridized carbons (Fsp3) is 0.364. The molecule has 0 fully saturated rings. The van der Waals surface area contributed by atoms with Gasteiger partial charge < -0.3 is 5.73 Å². The van der Waals surface area contributed by atoms with Crippen LogP contribution in [0, 0.1) is 11.8 Å². The van der Waals surface area contributed by atoms with Crippen LogP contribution in [-0.2, 0) is 4.79 Å². The Morgan fingerprint density at radius 2 is 2.18 bits per heavy atom. The molecule has 0 heterocycles. The average molecular weight is 236 g/mol. The van der Waals surface area contributed by atoms with Crippen LogP contribution in [-0.4, -0.2) is 17.6 Å². The van der Waals surface area contributed by atoms with E-state index in [1.165, 1.54) is 0 Å². The second-order valence-corrected chi connectivity index (χ2v) is 3.81. The number of primary amides is 1. The predicted octanol–water partition coefficient (Wildman–Crippen LogP) is 1.03. The van der Waals surface area contributed by atoms with E-state index in [9.17, 15) is 9.70 Å². The molecule has 1 rings (SSSR count). The van der Waals surface area contributed by atoms with Crippen LogP contribution < -0.4 is 11.2 Å². The summed E-state index contributed by atoms with van der Waals surface area (Å²) in [5, 5.41) is 3.60. The molecule has 1 aromatic rings. The van der Waals surface area contributed by atoms with E-state index in [0.29, 0.717) is 0 Å². The summed E-state index contributed by atoms with van der Waals surface area (Å²) in [6, 6.07) is 7.63. The Morgan fingerprint density at radius 3 is 2.71 bits per heavy atom. The van der Waals surface area contributed by atoms with Gasteiger partial charge in [-0.1, -0.05) is 24.3 Å². The van der Waals surface area contributed by atoms with E-state index in [4.69, 9.17) is 5.73 Å². The van der Waals surface area contributed by atoms with E-state index in [2.05, 4.69) is 10.7 Å². The highest BCUT2D eigenvalue weighted by molar-refractivity contribution is 5.75. The molecule has 92 valence electrons. The lowest BCUT2D eigenvalue weighted by molar-refractivity contribution is -0.120. The van der Waals surface area contributed by atoms with Crippen molar-refractivity contribution >= 4 is 5.91 Å². The van der Waals surface area contributed by atoms with Gasteiger partial charge in [-0.2, -0.15) is 5.12 Å². The third-order valence-electron chi connectivity index (χ3n) is 2.40. The van der Waals surface area contributed by atoms with Crippen molar-refractivity contribution in [2.75, 3.05) is 6.54 Å². The summed E-state index contributed by atoms with van der Waals surface area (Å²) in [6.07, 6.45) is 0. The van der Waals surface area contributed by atoms with Crippen molar-refractivity contribution in [1.82, 2.24) is 10.5 Å². The number of carbonyl (C=O) groups excluding carboxylic acids is 1. The number of nitrogens with two attached hydrogens (primary N) is 1. The van der Waals surface area contributed by atoms with Gasteiger partial charge in [0.1, 0.15) is 6.54 Å². The molecule has 6 nitrogen and oxygen atoms in total. The minimum Gasteiger partial charge on any atom is -0.368 e. The lowest BCUT2D eigenvalue weighted by Gasteiger charge is -2.21. The van der Waals surface area contributed by atoms with Gasteiger partial charge in [-0.25, -0.2) is 5.43 Å². The highest BCUT2D eigenvalue weighted by atomic mass is 16.3. The number of hydrogen-bond donors (Lipinski definition) is 2. The maximum absolute atomic E-state index is 10.7. The molecule has 0 radical (unpaired) electrons. The zero-order chi connectivity index (χ0) is 12.8. The molecule has 17 heavy (non-hydrogen) atoms. The molecule has 0 aromatic heterocycles. The van der Waals surface area contributed by atoms with Gasteiger partial charge >= 0.3 is 0 Å². The van der Waals surface area contributed by atoms with E-state index in [1.54, 1.807) is 0 Å². The number of carbonyl (C=O) groups is 1. The van der Waals surface area contributed by atoms with Crippen molar-refractivity contribution in [3.05, 3.63) is 40.3 Å². The zero-order valence-electron chi connectivity index (χ0n) is 9.88. The molecule has 3 N–H and O–H groups in total. The number of hydrazine groups is 1. The van der Waals surface area contributed by atoms with Crippen LogP contribution in [0.5, 0.6) is 0 Å². The lowest BCUT2D eigenvalue weighted by Crippen LogP contribution is -2.41. The minimum absolute atomic E-state index is 0.131. The molecule has 1 unspecified atom stereocenters. The number of nitroso groups, excluding NO2 is 1. The second-order valence-electron chi connectivity index (χ2n) is 3.81. The molecule has 0 bridgehead atoms. The fourth-order valence-corrected chi connectivity index (χ4v) is 1.61. The van der Waals surface area contributed by atoms with Gasteiger partial charge in [-0.15, -0.1) is 4.91 Å². The molecular weight excluding hydrogens is 220 g/mol. The van der Waals surface area contributed by atoms with E-state index in [1.807, 2.05) is 38.1 Å². The number of rotatable bonds is 6. The first-order valence-electron chi connectivity index (χ1n) is 5.25. The molecule has 0 spiro atoms. The van der Waals surface area contributed by atoms with E-state index < -0.39 is 5.91 Å². The Morgan fingerprint density at radius 1 is 1.53 bits per heavy atom. The number of hydrogen-bond acceptors (Lipinski definition) is 4. The molecule has 0 saturated carbocycles. The highest BCUT2D eigenvalue weighted by Gasteiger charge is 2.13. The van der Waals surface area contributed by atoms with E-state index in [0.717, 1.165) is 16.2 Å². The number of aryl methyl sites for hydroxylation is 1. The van der Waals surface area contributed by atoms with Crippen molar-refractivity contribution < 1.29 is 4.79 Å². The van der Waals surface area contributed by atoms with Crippen molar-refractivity contribution in [1.29, 1.82) is 0 Å². The zero-order valence-corrected chi connectivity index (χ0v) is 9.88. The monoisotopic (exact) mass is 236 g/mol.